The first-order valence-electron chi connectivity index (χ1n) is 7.45. The first-order chi connectivity index (χ1) is 10.3. The second-order valence-corrected chi connectivity index (χ2v) is 5.49. The lowest BCUT2D eigenvalue weighted by molar-refractivity contribution is 0.0714. The van der Waals surface area contributed by atoms with Crippen LogP contribution in [-0.2, 0) is 0 Å². The SMILES string of the molecule is CN(C(=O)c1cnc2ccccc2n1)C1CCCNCC1.Cl.Cl. The summed E-state index contributed by atoms with van der Waals surface area (Å²) >= 11 is 0. The quantitative estimate of drug-likeness (QED) is 0.898. The molecule has 1 unspecified atom stereocenters. The number of para-hydroxylation sites is 2. The van der Waals surface area contributed by atoms with E-state index in [0.29, 0.717) is 5.69 Å². The molecule has 0 aliphatic carbocycles. The fourth-order valence-electron chi connectivity index (χ4n) is 2.79. The number of hydrogen-bond acceptors (Lipinski definition) is 4. The Bertz CT molecular complexity index is 645. The predicted octanol–water partition coefficient (Wildman–Crippen LogP) is 2.69. The molecule has 5 nitrogen and oxygen atoms in total. The third-order valence-electron chi connectivity index (χ3n) is 4.08. The minimum atomic E-state index is -0.0415. The van der Waals surface area contributed by atoms with Crippen LogP contribution in [0.3, 0.4) is 0 Å². The lowest BCUT2D eigenvalue weighted by atomic mass is 10.1. The average molecular weight is 357 g/mol. The number of fused-ring (bicyclic) bond motifs is 1. The van der Waals surface area contributed by atoms with Crippen molar-refractivity contribution >= 4 is 41.8 Å². The van der Waals surface area contributed by atoms with Crippen molar-refractivity contribution in [3.05, 3.63) is 36.2 Å². The van der Waals surface area contributed by atoms with Crippen molar-refractivity contribution in [1.29, 1.82) is 0 Å². The second-order valence-electron chi connectivity index (χ2n) is 5.49. The normalized spacial score (nSPS) is 17.5. The first kappa shape index (κ1) is 19.6. The van der Waals surface area contributed by atoms with Crippen molar-refractivity contribution in [2.24, 2.45) is 0 Å². The number of amides is 1. The van der Waals surface area contributed by atoms with Crippen molar-refractivity contribution in [3.8, 4) is 0 Å². The van der Waals surface area contributed by atoms with Gasteiger partial charge in [0.05, 0.1) is 17.2 Å². The van der Waals surface area contributed by atoms with Crippen LogP contribution in [0.1, 0.15) is 29.8 Å². The number of nitrogens with zero attached hydrogens (tertiary/aromatic N) is 3. The Kier molecular flexibility index (Phi) is 7.68. The van der Waals surface area contributed by atoms with E-state index in [-0.39, 0.29) is 36.8 Å². The third-order valence-corrected chi connectivity index (χ3v) is 4.08. The van der Waals surface area contributed by atoms with Gasteiger partial charge in [-0.05, 0) is 44.5 Å². The van der Waals surface area contributed by atoms with Crippen LogP contribution in [0, 0.1) is 0 Å². The summed E-state index contributed by atoms with van der Waals surface area (Å²) < 4.78 is 0. The minimum absolute atomic E-state index is 0. The number of hydrogen-bond donors (Lipinski definition) is 1. The molecule has 0 bridgehead atoms. The maximum absolute atomic E-state index is 12.6. The number of carbonyl (C=O) groups excluding carboxylic acids is 1. The van der Waals surface area contributed by atoms with E-state index in [9.17, 15) is 4.79 Å². The van der Waals surface area contributed by atoms with Gasteiger partial charge < -0.3 is 10.2 Å². The molecule has 1 aromatic carbocycles. The van der Waals surface area contributed by atoms with Crippen LogP contribution in [0.2, 0.25) is 0 Å². The molecule has 7 heteroatoms. The molecular formula is C16H22Cl2N4O. The summed E-state index contributed by atoms with van der Waals surface area (Å²) in [4.78, 5) is 23.2. The van der Waals surface area contributed by atoms with Gasteiger partial charge in [0.15, 0.2) is 0 Å². The summed E-state index contributed by atoms with van der Waals surface area (Å²) in [7, 11) is 1.87. The Morgan fingerprint density at radius 2 is 1.91 bits per heavy atom. The Morgan fingerprint density at radius 1 is 1.17 bits per heavy atom. The molecule has 23 heavy (non-hydrogen) atoms. The minimum Gasteiger partial charge on any atom is -0.337 e. The number of nitrogens with one attached hydrogen (secondary N) is 1. The van der Waals surface area contributed by atoms with E-state index < -0.39 is 0 Å². The predicted molar refractivity (Wildman–Crippen MR) is 96.6 cm³/mol. The number of aromatic nitrogens is 2. The maximum Gasteiger partial charge on any atom is 0.274 e. The van der Waals surface area contributed by atoms with Gasteiger partial charge >= 0.3 is 0 Å². The van der Waals surface area contributed by atoms with Crippen molar-refractivity contribution in [1.82, 2.24) is 20.2 Å². The number of benzene rings is 1. The number of halogens is 2. The topological polar surface area (TPSA) is 58.1 Å². The Labute approximate surface area is 148 Å². The van der Waals surface area contributed by atoms with Gasteiger partial charge in [0.25, 0.3) is 5.91 Å². The third kappa shape index (κ3) is 4.53. The zero-order valence-corrected chi connectivity index (χ0v) is 14.7. The Hall–Kier alpha value is -1.43. The van der Waals surface area contributed by atoms with Crippen LogP contribution in [0.25, 0.3) is 11.0 Å². The molecule has 126 valence electrons. The molecule has 1 atom stereocenters. The van der Waals surface area contributed by atoms with Crippen LogP contribution < -0.4 is 5.32 Å². The van der Waals surface area contributed by atoms with Gasteiger partial charge in [-0.1, -0.05) is 12.1 Å². The van der Waals surface area contributed by atoms with Gasteiger partial charge in [0.1, 0.15) is 5.69 Å². The summed E-state index contributed by atoms with van der Waals surface area (Å²) in [6, 6.07) is 7.89. The fourth-order valence-corrected chi connectivity index (χ4v) is 2.79. The zero-order valence-electron chi connectivity index (χ0n) is 13.1. The molecule has 2 aromatic rings. The smallest absolute Gasteiger partial charge is 0.274 e. The summed E-state index contributed by atoms with van der Waals surface area (Å²) in [5, 5.41) is 3.37. The lowest BCUT2D eigenvalue weighted by Crippen LogP contribution is -2.38. The molecule has 1 aromatic heterocycles. The molecule has 0 saturated carbocycles. The van der Waals surface area contributed by atoms with E-state index in [4.69, 9.17) is 0 Å². The molecular weight excluding hydrogens is 335 g/mol. The molecule has 1 saturated heterocycles. The van der Waals surface area contributed by atoms with E-state index >= 15 is 0 Å². The molecule has 1 N–H and O–H groups in total. The second kappa shape index (κ2) is 9.01. The first-order valence-corrected chi connectivity index (χ1v) is 7.45. The lowest BCUT2D eigenvalue weighted by Gasteiger charge is -2.26. The van der Waals surface area contributed by atoms with Gasteiger partial charge in [-0.3, -0.25) is 9.78 Å². The van der Waals surface area contributed by atoms with Crippen LogP contribution in [-0.4, -0.2) is 47.0 Å². The van der Waals surface area contributed by atoms with E-state index in [1.807, 2.05) is 36.2 Å². The molecule has 1 aliphatic rings. The summed E-state index contributed by atoms with van der Waals surface area (Å²) in [5.74, 6) is -0.0415. The largest absolute Gasteiger partial charge is 0.337 e. The van der Waals surface area contributed by atoms with Crippen molar-refractivity contribution in [2.45, 2.75) is 25.3 Å². The van der Waals surface area contributed by atoms with E-state index in [2.05, 4.69) is 15.3 Å². The van der Waals surface area contributed by atoms with Crippen LogP contribution in [0.5, 0.6) is 0 Å². The van der Waals surface area contributed by atoms with Gasteiger partial charge in [0.2, 0.25) is 0 Å². The summed E-state index contributed by atoms with van der Waals surface area (Å²) in [6.07, 6.45) is 4.71. The molecule has 3 rings (SSSR count). The highest BCUT2D eigenvalue weighted by atomic mass is 35.5. The zero-order chi connectivity index (χ0) is 14.7. The van der Waals surface area contributed by atoms with Crippen LogP contribution >= 0.6 is 24.8 Å². The molecule has 1 amide bonds. The van der Waals surface area contributed by atoms with Crippen molar-refractivity contribution < 1.29 is 4.79 Å². The van der Waals surface area contributed by atoms with Gasteiger partial charge in [0, 0.05) is 13.1 Å². The molecule has 1 fully saturated rings. The Morgan fingerprint density at radius 3 is 2.70 bits per heavy atom. The monoisotopic (exact) mass is 356 g/mol. The van der Waals surface area contributed by atoms with Crippen LogP contribution in [0.4, 0.5) is 0 Å². The highest BCUT2D eigenvalue weighted by Crippen LogP contribution is 2.15. The standard InChI is InChI=1S/C16H20N4O.2ClH/c1-20(12-5-4-9-17-10-8-12)16(21)15-11-18-13-6-2-3-7-14(13)19-15;;/h2-3,6-7,11-12,17H,4-5,8-10H2,1H3;2*1H. The molecule has 1 aliphatic heterocycles. The van der Waals surface area contributed by atoms with Crippen molar-refractivity contribution in [3.63, 3.8) is 0 Å². The van der Waals surface area contributed by atoms with Crippen molar-refractivity contribution in [2.75, 3.05) is 20.1 Å². The fraction of sp³-hybridized carbons (Fsp3) is 0.438. The van der Waals surface area contributed by atoms with E-state index in [1.54, 1.807) is 6.20 Å². The number of carbonyl (C=O) groups is 1. The van der Waals surface area contributed by atoms with Gasteiger partial charge in [-0.25, -0.2) is 4.98 Å². The molecule has 2 heterocycles. The summed E-state index contributed by atoms with van der Waals surface area (Å²) in [5.41, 5.74) is 2.00. The van der Waals surface area contributed by atoms with E-state index in [1.165, 1.54) is 0 Å². The average Bonchev–Trinajstić information content (AvgIpc) is 2.82. The van der Waals surface area contributed by atoms with Crippen LogP contribution in [0.15, 0.2) is 30.5 Å². The maximum atomic E-state index is 12.6. The van der Waals surface area contributed by atoms with Gasteiger partial charge in [-0.2, -0.15) is 0 Å². The highest BCUT2D eigenvalue weighted by Gasteiger charge is 2.23. The number of rotatable bonds is 2. The summed E-state index contributed by atoms with van der Waals surface area (Å²) in [6.45, 7) is 2.00. The van der Waals surface area contributed by atoms with E-state index in [0.717, 1.165) is 43.4 Å². The molecule has 0 radical (unpaired) electrons. The highest BCUT2D eigenvalue weighted by molar-refractivity contribution is 5.93. The van der Waals surface area contributed by atoms with Gasteiger partial charge in [-0.15, -0.1) is 24.8 Å². The Balaban J connectivity index is 0.00000132. The molecule has 0 spiro atoms.